The van der Waals surface area contributed by atoms with E-state index in [1.54, 1.807) is 32.9 Å². The Balaban J connectivity index is 1.69. The number of rotatable bonds is 9. The Morgan fingerprint density at radius 1 is 0.878 bits per heavy atom. The first-order valence-electron chi connectivity index (χ1n) is 12.0. The molecule has 0 unspecified atom stereocenters. The van der Waals surface area contributed by atoms with Crippen molar-refractivity contribution in [3.8, 4) is 5.75 Å². The number of hydrazone groups is 1. The van der Waals surface area contributed by atoms with Gasteiger partial charge in [-0.3, -0.25) is 29.8 Å². The molecule has 0 saturated carbocycles. The lowest BCUT2D eigenvalue weighted by Crippen LogP contribution is -2.27. The monoisotopic (exact) mass is 559 g/mol. The second-order valence-corrected chi connectivity index (χ2v) is 9.56. The van der Waals surface area contributed by atoms with Gasteiger partial charge in [0.15, 0.2) is 0 Å². The number of benzene rings is 3. The minimum atomic E-state index is -0.825. The SMILES string of the molecule is CC(C)(C)C(=O)Nc1ccc(C(=O)N/N=C/c2cc([N+](=O)[O-])ccc2OC(=O)/C=C/c2ccc([N+](=O)[O-])cc2)cc1. The van der Waals surface area contributed by atoms with Crippen LogP contribution in [0.25, 0.3) is 6.08 Å². The maximum Gasteiger partial charge on any atom is 0.336 e. The van der Waals surface area contributed by atoms with Gasteiger partial charge >= 0.3 is 5.97 Å². The Morgan fingerprint density at radius 2 is 1.49 bits per heavy atom. The number of nitro groups is 2. The zero-order valence-electron chi connectivity index (χ0n) is 22.2. The van der Waals surface area contributed by atoms with E-state index in [2.05, 4.69) is 15.8 Å². The second-order valence-electron chi connectivity index (χ2n) is 9.56. The van der Waals surface area contributed by atoms with Crippen molar-refractivity contribution in [1.82, 2.24) is 5.43 Å². The van der Waals surface area contributed by atoms with Crippen LogP contribution in [0.5, 0.6) is 5.75 Å². The molecular formula is C28H25N5O8. The van der Waals surface area contributed by atoms with E-state index in [0.29, 0.717) is 11.3 Å². The molecular weight excluding hydrogens is 534 g/mol. The topological polar surface area (TPSA) is 183 Å². The van der Waals surface area contributed by atoms with Gasteiger partial charge in [-0.25, -0.2) is 10.2 Å². The van der Waals surface area contributed by atoms with Crippen molar-refractivity contribution in [2.45, 2.75) is 20.8 Å². The molecule has 0 aliphatic rings. The van der Waals surface area contributed by atoms with Gasteiger partial charge in [0.05, 0.1) is 16.1 Å². The van der Waals surface area contributed by atoms with Crippen molar-refractivity contribution < 1.29 is 29.0 Å². The van der Waals surface area contributed by atoms with Crippen molar-refractivity contribution in [2.75, 3.05) is 5.32 Å². The van der Waals surface area contributed by atoms with E-state index in [1.165, 1.54) is 48.5 Å². The molecule has 0 heterocycles. The molecule has 0 atom stereocenters. The predicted molar refractivity (Wildman–Crippen MR) is 150 cm³/mol. The van der Waals surface area contributed by atoms with E-state index < -0.39 is 27.1 Å². The standard InChI is InChI=1S/C28H25N5O8/c1-28(2,3)27(36)30-21-9-7-19(8-10-21)26(35)31-29-17-20-16-23(33(39)40)13-14-24(20)41-25(34)15-6-18-4-11-22(12-5-18)32(37)38/h4-17H,1-3H3,(H,30,36)(H,31,35)/b15-6+,29-17+. The summed E-state index contributed by atoms with van der Waals surface area (Å²) >= 11 is 0. The highest BCUT2D eigenvalue weighted by Crippen LogP contribution is 2.23. The van der Waals surface area contributed by atoms with Crippen LogP contribution in [-0.4, -0.2) is 33.8 Å². The van der Waals surface area contributed by atoms with Gasteiger partial charge in [0, 0.05) is 52.6 Å². The lowest BCUT2D eigenvalue weighted by Gasteiger charge is -2.17. The summed E-state index contributed by atoms with van der Waals surface area (Å²) in [5.74, 6) is -1.67. The second kappa shape index (κ2) is 12.9. The molecule has 0 fully saturated rings. The van der Waals surface area contributed by atoms with E-state index in [-0.39, 0.29) is 34.2 Å². The van der Waals surface area contributed by atoms with Gasteiger partial charge in [0.25, 0.3) is 17.3 Å². The van der Waals surface area contributed by atoms with E-state index in [1.807, 2.05) is 0 Å². The molecule has 41 heavy (non-hydrogen) atoms. The summed E-state index contributed by atoms with van der Waals surface area (Å²) in [5.41, 5.74) is 2.59. The van der Waals surface area contributed by atoms with Crippen LogP contribution in [0.4, 0.5) is 17.1 Å². The van der Waals surface area contributed by atoms with Crippen LogP contribution in [-0.2, 0) is 9.59 Å². The quantitative estimate of drug-likeness (QED) is 0.0929. The highest BCUT2D eigenvalue weighted by atomic mass is 16.6. The zero-order chi connectivity index (χ0) is 30.2. The van der Waals surface area contributed by atoms with E-state index in [9.17, 15) is 34.6 Å². The van der Waals surface area contributed by atoms with Crippen LogP contribution in [0.15, 0.2) is 77.9 Å². The summed E-state index contributed by atoms with van der Waals surface area (Å²) in [6.45, 7) is 5.32. The Bertz CT molecular complexity index is 1540. The van der Waals surface area contributed by atoms with Gasteiger partial charge in [-0.2, -0.15) is 5.10 Å². The first-order chi connectivity index (χ1) is 19.3. The van der Waals surface area contributed by atoms with Crippen molar-refractivity contribution in [3.63, 3.8) is 0 Å². The van der Waals surface area contributed by atoms with Crippen LogP contribution in [0.2, 0.25) is 0 Å². The Kier molecular flexibility index (Phi) is 9.38. The third-order valence-corrected chi connectivity index (χ3v) is 5.39. The molecule has 13 heteroatoms. The number of amides is 2. The minimum absolute atomic E-state index is 0.0387. The molecule has 0 aliphatic carbocycles. The third-order valence-electron chi connectivity index (χ3n) is 5.39. The van der Waals surface area contributed by atoms with Gasteiger partial charge in [-0.1, -0.05) is 20.8 Å². The number of carbonyl (C=O) groups is 3. The Morgan fingerprint density at radius 3 is 2.07 bits per heavy atom. The fraction of sp³-hybridized carbons (Fsp3) is 0.143. The number of nitro benzene ring substituents is 2. The highest BCUT2D eigenvalue weighted by Gasteiger charge is 2.21. The number of esters is 1. The van der Waals surface area contributed by atoms with Gasteiger partial charge < -0.3 is 10.1 Å². The third kappa shape index (κ3) is 8.64. The van der Waals surface area contributed by atoms with Gasteiger partial charge in [0.2, 0.25) is 5.91 Å². The van der Waals surface area contributed by atoms with Crippen LogP contribution in [0.1, 0.15) is 42.3 Å². The maximum absolute atomic E-state index is 12.5. The van der Waals surface area contributed by atoms with Crippen molar-refractivity contribution >= 4 is 47.1 Å². The molecule has 0 radical (unpaired) electrons. The smallest absolute Gasteiger partial charge is 0.336 e. The predicted octanol–water partition coefficient (Wildman–Crippen LogP) is 4.87. The number of carbonyl (C=O) groups excluding carboxylic acids is 3. The zero-order valence-corrected chi connectivity index (χ0v) is 22.2. The van der Waals surface area contributed by atoms with E-state index in [0.717, 1.165) is 24.4 Å². The van der Waals surface area contributed by atoms with Crippen LogP contribution >= 0.6 is 0 Å². The molecule has 0 spiro atoms. The molecule has 3 aromatic rings. The molecule has 210 valence electrons. The average molecular weight is 560 g/mol. The number of hydrogen-bond donors (Lipinski definition) is 2. The van der Waals surface area contributed by atoms with Crippen LogP contribution < -0.4 is 15.5 Å². The number of nitrogens with one attached hydrogen (secondary N) is 2. The van der Waals surface area contributed by atoms with E-state index >= 15 is 0 Å². The number of non-ortho nitro benzene ring substituents is 2. The van der Waals surface area contributed by atoms with Crippen molar-refractivity contribution in [1.29, 1.82) is 0 Å². The molecule has 13 nitrogen and oxygen atoms in total. The summed E-state index contributed by atoms with van der Waals surface area (Å²) in [6.07, 6.45) is 3.55. The van der Waals surface area contributed by atoms with Gasteiger partial charge in [0.1, 0.15) is 5.75 Å². The number of nitrogens with zero attached hydrogens (tertiary/aromatic N) is 3. The Hall–Kier alpha value is -5.72. The largest absolute Gasteiger partial charge is 0.423 e. The van der Waals surface area contributed by atoms with E-state index in [4.69, 9.17) is 4.74 Å². The highest BCUT2D eigenvalue weighted by molar-refractivity contribution is 5.98. The normalized spacial score (nSPS) is 11.3. The lowest BCUT2D eigenvalue weighted by molar-refractivity contribution is -0.385. The molecule has 3 aromatic carbocycles. The van der Waals surface area contributed by atoms with Gasteiger partial charge in [-0.15, -0.1) is 0 Å². The molecule has 2 amide bonds. The maximum atomic E-state index is 12.5. The van der Waals surface area contributed by atoms with Crippen molar-refractivity contribution in [3.05, 3.63) is 110 Å². The summed E-state index contributed by atoms with van der Waals surface area (Å²) in [7, 11) is 0. The fourth-order valence-electron chi connectivity index (χ4n) is 3.11. The van der Waals surface area contributed by atoms with Crippen molar-refractivity contribution in [2.24, 2.45) is 10.5 Å². The summed E-state index contributed by atoms with van der Waals surface area (Å²) in [4.78, 5) is 57.8. The lowest BCUT2D eigenvalue weighted by atomic mass is 9.95. The molecule has 0 aliphatic heterocycles. The molecule has 0 bridgehead atoms. The number of anilines is 1. The van der Waals surface area contributed by atoms with Crippen LogP contribution in [0.3, 0.4) is 0 Å². The fourth-order valence-corrected chi connectivity index (χ4v) is 3.11. The summed E-state index contributed by atoms with van der Waals surface area (Å²) in [6, 6.07) is 15.0. The average Bonchev–Trinajstić information content (AvgIpc) is 2.92. The number of ether oxygens (including phenoxy) is 1. The molecule has 0 aromatic heterocycles. The minimum Gasteiger partial charge on any atom is -0.423 e. The molecule has 2 N–H and O–H groups in total. The number of hydrogen-bond acceptors (Lipinski definition) is 9. The summed E-state index contributed by atoms with van der Waals surface area (Å²) in [5, 5.41) is 28.6. The Labute approximate surface area is 233 Å². The molecule has 0 saturated heterocycles. The van der Waals surface area contributed by atoms with Crippen LogP contribution in [0, 0.1) is 25.6 Å². The van der Waals surface area contributed by atoms with Gasteiger partial charge in [-0.05, 0) is 54.1 Å². The summed E-state index contributed by atoms with van der Waals surface area (Å²) < 4.78 is 5.28. The first kappa shape index (κ1) is 29.8. The molecule has 3 rings (SSSR count). The first-order valence-corrected chi connectivity index (χ1v) is 12.0.